The van der Waals surface area contributed by atoms with Crippen LogP contribution in [-0.4, -0.2) is 60.6 Å². The van der Waals surface area contributed by atoms with Gasteiger partial charge in [0.05, 0.1) is 29.1 Å². The van der Waals surface area contributed by atoms with Gasteiger partial charge >= 0.3 is 6.18 Å². The summed E-state index contributed by atoms with van der Waals surface area (Å²) in [5.41, 5.74) is -1.98. The van der Waals surface area contributed by atoms with Crippen molar-refractivity contribution in [2.75, 3.05) is 24.7 Å². The van der Waals surface area contributed by atoms with Crippen molar-refractivity contribution in [3.05, 3.63) is 54.2 Å². The summed E-state index contributed by atoms with van der Waals surface area (Å²) < 4.78 is 81.0. The number of alkyl halides is 3. The van der Waals surface area contributed by atoms with Crippen molar-refractivity contribution in [2.24, 2.45) is 11.3 Å². The maximum atomic E-state index is 13.5. The maximum Gasteiger partial charge on any atom is 0.394 e. The van der Waals surface area contributed by atoms with Crippen LogP contribution in [0, 0.1) is 11.3 Å². The minimum atomic E-state index is -4.25. The van der Waals surface area contributed by atoms with E-state index in [-0.39, 0.29) is 48.1 Å². The van der Waals surface area contributed by atoms with Gasteiger partial charge in [0.15, 0.2) is 5.82 Å². The lowest BCUT2D eigenvalue weighted by atomic mass is 9.93. The zero-order chi connectivity index (χ0) is 31.3. The second-order valence-corrected chi connectivity index (χ2v) is 14.1. The average molecular weight is 634 g/mol. The second-order valence-electron chi connectivity index (χ2n) is 12.4. The molecule has 5 heterocycles. The van der Waals surface area contributed by atoms with Gasteiger partial charge in [-0.2, -0.15) is 13.2 Å². The van der Waals surface area contributed by atoms with Gasteiger partial charge in [-0.3, -0.25) is 4.79 Å². The first-order chi connectivity index (χ1) is 20.8. The number of hydrogen-bond acceptors (Lipinski definition) is 8. The van der Waals surface area contributed by atoms with E-state index in [0.29, 0.717) is 30.5 Å². The van der Waals surface area contributed by atoms with E-state index in [1.165, 1.54) is 35.0 Å². The third kappa shape index (κ3) is 5.95. The topological polar surface area (TPSA) is 116 Å². The average Bonchev–Trinajstić information content (AvgIpc) is 3.51. The molecule has 1 atom stereocenters. The first kappa shape index (κ1) is 30.2. The minimum absolute atomic E-state index is 0.0788. The summed E-state index contributed by atoms with van der Waals surface area (Å²) >= 11 is 0. The molecule has 2 fully saturated rings. The number of pyridine rings is 1. The van der Waals surface area contributed by atoms with Gasteiger partial charge in [0, 0.05) is 24.3 Å². The van der Waals surface area contributed by atoms with Crippen LogP contribution in [0.3, 0.4) is 0 Å². The zero-order valence-electron chi connectivity index (χ0n) is 24.4. The van der Waals surface area contributed by atoms with E-state index in [1.807, 2.05) is 4.90 Å². The van der Waals surface area contributed by atoms with Crippen LogP contribution >= 0.6 is 0 Å². The van der Waals surface area contributed by atoms with E-state index in [4.69, 9.17) is 14.5 Å². The molecule has 1 aromatic carbocycles. The van der Waals surface area contributed by atoms with E-state index >= 15 is 0 Å². The Labute approximate surface area is 253 Å². The highest BCUT2D eigenvalue weighted by Crippen LogP contribution is 2.59. The summed E-state index contributed by atoms with van der Waals surface area (Å²) in [6, 6.07) is 10.5. The molecule has 1 saturated carbocycles. The number of rotatable bonds is 5. The predicted octanol–water partition coefficient (Wildman–Crippen LogP) is 5.27. The van der Waals surface area contributed by atoms with E-state index in [9.17, 15) is 26.4 Å². The lowest BCUT2D eigenvalue weighted by molar-refractivity contribution is -0.190. The summed E-state index contributed by atoms with van der Waals surface area (Å²) in [4.78, 5) is 20.3. The SMILES string of the molecule is CC1(C)CC2CCCOc3ccc(cc3)S(=O)(=O)NC(=O)c3ccc(-n4ccc(OCCC5(C(F)(F)F)CC5)n4)nc3N1C2. The van der Waals surface area contributed by atoms with Crippen molar-refractivity contribution in [3.63, 3.8) is 0 Å². The third-order valence-electron chi connectivity index (χ3n) is 8.79. The number of halogens is 3. The van der Waals surface area contributed by atoms with E-state index in [0.717, 1.165) is 19.3 Å². The molecular formula is C30H34F3N5O5S. The van der Waals surface area contributed by atoms with E-state index in [1.54, 1.807) is 18.3 Å². The molecule has 1 saturated heterocycles. The van der Waals surface area contributed by atoms with Gasteiger partial charge in [-0.05, 0) is 94.7 Å². The molecule has 3 aliphatic heterocycles. The van der Waals surface area contributed by atoms with Crippen LogP contribution in [0.1, 0.15) is 62.7 Å². The molecule has 14 heteroatoms. The van der Waals surface area contributed by atoms with Crippen LogP contribution in [0.2, 0.25) is 0 Å². The van der Waals surface area contributed by atoms with Crippen molar-refractivity contribution >= 4 is 21.7 Å². The summed E-state index contributed by atoms with van der Waals surface area (Å²) in [6.45, 7) is 5.06. The number of anilines is 1. The predicted molar refractivity (Wildman–Crippen MR) is 155 cm³/mol. The lowest BCUT2D eigenvalue weighted by Crippen LogP contribution is -2.41. The summed E-state index contributed by atoms with van der Waals surface area (Å²) in [5.74, 6) is 0.800. The van der Waals surface area contributed by atoms with Crippen LogP contribution in [0.15, 0.2) is 53.6 Å². The maximum absolute atomic E-state index is 13.5. The van der Waals surface area contributed by atoms with Gasteiger partial charge < -0.3 is 14.4 Å². The normalized spacial score (nSPS) is 22.2. The highest BCUT2D eigenvalue weighted by atomic mass is 32.2. The number of ether oxygens (including phenoxy) is 2. The fraction of sp³-hybridized carbons (Fsp3) is 0.500. The number of sulfonamides is 1. The molecule has 0 spiro atoms. The van der Waals surface area contributed by atoms with Gasteiger partial charge in [0.2, 0.25) is 5.88 Å². The van der Waals surface area contributed by atoms with Crippen molar-refractivity contribution in [1.29, 1.82) is 0 Å². The molecule has 1 aliphatic carbocycles. The van der Waals surface area contributed by atoms with Crippen LogP contribution < -0.4 is 19.1 Å². The summed E-state index contributed by atoms with van der Waals surface area (Å²) in [5, 5.41) is 4.34. The Morgan fingerprint density at radius 3 is 2.57 bits per heavy atom. The van der Waals surface area contributed by atoms with E-state index < -0.39 is 33.1 Å². The number of carbonyl (C=O) groups excluding carboxylic acids is 1. The van der Waals surface area contributed by atoms with Crippen LogP contribution in [0.4, 0.5) is 19.0 Å². The zero-order valence-corrected chi connectivity index (χ0v) is 25.2. The van der Waals surface area contributed by atoms with Crippen molar-refractivity contribution < 1.29 is 35.9 Å². The third-order valence-corrected chi connectivity index (χ3v) is 10.1. The minimum Gasteiger partial charge on any atom is -0.494 e. The van der Waals surface area contributed by atoms with Gasteiger partial charge in [-0.15, -0.1) is 5.10 Å². The number of carbonyl (C=O) groups is 1. The monoisotopic (exact) mass is 633 g/mol. The quantitative estimate of drug-likeness (QED) is 0.404. The molecule has 1 N–H and O–H groups in total. The fourth-order valence-corrected chi connectivity index (χ4v) is 7.07. The van der Waals surface area contributed by atoms with Crippen molar-refractivity contribution in [2.45, 2.75) is 69.0 Å². The molecule has 1 amide bonds. The number of fused-ring (bicyclic) bond motifs is 7. The van der Waals surface area contributed by atoms with Crippen LogP contribution in [-0.2, 0) is 10.0 Å². The Balaban J connectivity index is 1.30. The summed E-state index contributed by atoms with van der Waals surface area (Å²) in [7, 11) is -4.19. The molecule has 1 unspecified atom stereocenters. The molecule has 4 aliphatic rings. The first-order valence-electron chi connectivity index (χ1n) is 14.6. The number of nitrogens with one attached hydrogen (secondary N) is 1. The lowest BCUT2D eigenvalue weighted by Gasteiger charge is -2.34. The van der Waals surface area contributed by atoms with Crippen molar-refractivity contribution in [1.82, 2.24) is 19.5 Å². The highest BCUT2D eigenvalue weighted by molar-refractivity contribution is 7.90. The molecule has 236 valence electrons. The fourth-order valence-electron chi connectivity index (χ4n) is 6.10. The Morgan fingerprint density at radius 1 is 1.11 bits per heavy atom. The second kappa shape index (κ2) is 11.0. The number of benzene rings is 1. The van der Waals surface area contributed by atoms with Gasteiger partial charge in [-0.25, -0.2) is 22.8 Å². The molecule has 0 radical (unpaired) electrons. The van der Waals surface area contributed by atoms with Crippen LogP contribution in [0.25, 0.3) is 5.82 Å². The Morgan fingerprint density at radius 2 is 1.86 bits per heavy atom. The number of amides is 1. The van der Waals surface area contributed by atoms with Crippen LogP contribution in [0.5, 0.6) is 11.6 Å². The highest BCUT2D eigenvalue weighted by Gasteiger charge is 2.62. The molecule has 7 rings (SSSR count). The van der Waals surface area contributed by atoms with Gasteiger partial charge in [0.1, 0.15) is 11.6 Å². The molecule has 3 aromatic rings. The van der Waals surface area contributed by atoms with Crippen molar-refractivity contribution in [3.8, 4) is 17.4 Å². The molecule has 2 aromatic heterocycles. The molecular weight excluding hydrogens is 599 g/mol. The number of hydrogen-bond donors (Lipinski definition) is 1. The van der Waals surface area contributed by atoms with E-state index in [2.05, 4.69) is 23.7 Å². The number of aromatic nitrogens is 3. The van der Waals surface area contributed by atoms with Gasteiger partial charge in [0.25, 0.3) is 15.9 Å². The number of nitrogens with zero attached hydrogens (tertiary/aromatic N) is 4. The molecule has 44 heavy (non-hydrogen) atoms. The molecule has 4 bridgehead atoms. The van der Waals surface area contributed by atoms with Gasteiger partial charge in [-0.1, -0.05) is 0 Å². The first-order valence-corrected chi connectivity index (χ1v) is 16.1. The Hall–Kier alpha value is -3.81. The molecule has 10 nitrogen and oxygen atoms in total. The largest absolute Gasteiger partial charge is 0.494 e. The standard InChI is InChI=1S/C30H34F3N5O5S/c1-28(2)18-20-4-3-16-42-21-5-7-22(8-6-21)44(40,41)36-27(39)23-9-10-24(34-26(23)37(28)19-20)38-15-11-25(35-38)43-17-14-29(12-13-29)30(31,32)33/h5-11,15,20H,3-4,12-14,16-19H2,1-2H3,(H,36,39). The smallest absolute Gasteiger partial charge is 0.394 e. The summed E-state index contributed by atoms with van der Waals surface area (Å²) in [6.07, 6.45) is -0.0849. The Bertz CT molecular complexity index is 1650. The Kier molecular flexibility index (Phi) is 7.53.